The van der Waals surface area contributed by atoms with E-state index in [2.05, 4.69) is 24.4 Å². The first kappa shape index (κ1) is 14.2. The molecule has 1 fully saturated rings. The molecule has 0 saturated heterocycles. The number of aryl methyl sites for hydroxylation is 1. The Hall–Kier alpha value is -1.22. The fourth-order valence-electron chi connectivity index (χ4n) is 2.80. The maximum atomic E-state index is 5.59. The fourth-order valence-corrected chi connectivity index (χ4v) is 2.80. The van der Waals surface area contributed by atoms with E-state index in [9.17, 15) is 0 Å². The maximum Gasteiger partial charge on any atom is 0.119 e. The lowest BCUT2D eigenvalue weighted by atomic mass is 9.92. The van der Waals surface area contributed by atoms with Gasteiger partial charge in [0.1, 0.15) is 5.75 Å². The Kier molecular flexibility index (Phi) is 5.08. The second kappa shape index (κ2) is 6.80. The monoisotopic (exact) mass is 263 g/mol. The van der Waals surface area contributed by atoms with Crippen molar-refractivity contribution in [3.8, 4) is 5.75 Å². The van der Waals surface area contributed by atoms with Crippen molar-refractivity contribution in [2.24, 2.45) is 0 Å². The Morgan fingerprint density at radius 2 is 2.05 bits per heavy atom. The summed E-state index contributed by atoms with van der Waals surface area (Å²) in [5.41, 5.74) is 2.42. The molecule has 2 unspecified atom stereocenters. The summed E-state index contributed by atoms with van der Waals surface area (Å²) >= 11 is 0. The Bertz CT molecular complexity index is 406. The summed E-state index contributed by atoms with van der Waals surface area (Å²) in [6, 6.07) is 6.66. The van der Waals surface area contributed by atoms with Crippen LogP contribution in [0.5, 0.6) is 5.75 Å². The molecule has 0 amide bonds. The Labute approximate surface area is 116 Å². The molecule has 1 saturated carbocycles. The lowest BCUT2D eigenvalue weighted by Gasteiger charge is -2.32. The molecule has 19 heavy (non-hydrogen) atoms. The van der Waals surface area contributed by atoms with Crippen molar-refractivity contribution < 1.29 is 9.47 Å². The largest absolute Gasteiger partial charge is 0.494 e. The third kappa shape index (κ3) is 3.63. The van der Waals surface area contributed by atoms with Crippen molar-refractivity contribution in [1.82, 2.24) is 0 Å². The highest BCUT2D eigenvalue weighted by Gasteiger charge is 2.24. The first-order valence-electron chi connectivity index (χ1n) is 7.27. The summed E-state index contributed by atoms with van der Waals surface area (Å²) < 4.78 is 11.1. The first-order chi connectivity index (χ1) is 9.24. The van der Waals surface area contributed by atoms with Crippen LogP contribution in [-0.4, -0.2) is 25.9 Å². The van der Waals surface area contributed by atoms with Crippen LogP contribution in [0.2, 0.25) is 0 Å². The number of anilines is 1. The van der Waals surface area contributed by atoms with E-state index in [1.54, 1.807) is 0 Å². The van der Waals surface area contributed by atoms with Gasteiger partial charge in [-0.15, -0.1) is 0 Å². The molecule has 3 nitrogen and oxygen atoms in total. The molecule has 2 atom stereocenters. The van der Waals surface area contributed by atoms with Gasteiger partial charge in [-0.3, -0.25) is 0 Å². The van der Waals surface area contributed by atoms with Crippen LogP contribution in [0.1, 0.15) is 38.2 Å². The quantitative estimate of drug-likeness (QED) is 0.877. The molecule has 106 valence electrons. The van der Waals surface area contributed by atoms with Crippen molar-refractivity contribution >= 4 is 5.69 Å². The molecule has 0 aliphatic heterocycles. The molecule has 1 aliphatic carbocycles. The Morgan fingerprint density at radius 3 is 2.74 bits per heavy atom. The zero-order valence-corrected chi connectivity index (χ0v) is 12.2. The first-order valence-corrected chi connectivity index (χ1v) is 7.27. The normalized spacial score (nSPS) is 23.1. The van der Waals surface area contributed by atoms with Crippen LogP contribution in [0.3, 0.4) is 0 Å². The molecule has 1 aliphatic rings. The van der Waals surface area contributed by atoms with Crippen LogP contribution in [0.15, 0.2) is 18.2 Å². The summed E-state index contributed by atoms with van der Waals surface area (Å²) in [7, 11) is 1.82. The second-order valence-electron chi connectivity index (χ2n) is 5.22. The number of nitrogens with one attached hydrogen (secondary N) is 1. The Balaban J connectivity index is 2.05. The molecule has 0 heterocycles. The van der Waals surface area contributed by atoms with E-state index in [1.165, 1.54) is 30.5 Å². The van der Waals surface area contributed by atoms with Gasteiger partial charge in [0.15, 0.2) is 0 Å². The van der Waals surface area contributed by atoms with E-state index in [-0.39, 0.29) is 0 Å². The van der Waals surface area contributed by atoms with Crippen LogP contribution >= 0.6 is 0 Å². The third-order valence-corrected chi connectivity index (χ3v) is 3.86. The van der Waals surface area contributed by atoms with Gasteiger partial charge in [-0.05, 0) is 50.5 Å². The molecule has 0 radical (unpaired) electrons. The predicted octanol–water partition coefficient (Wildman–Crippen LogP) is 3.76. The van der Waals surface area contributed by atoms with Gasteiger partial charge in [-0.25, -0.2) is 0 Å². The highest BCUT2D eigenvalue weighted by molar-refractivity contribution is 5.54. The average Bonchev–Trinajstić information content (AvgIpc) is 2.43. The van der Waals surface area contributed by atoms with Crippen molar-refractivity contribution in [1.29, 1.82) is 0 Å². The summed E-state index contributed by atoms with van der Waals surface area (Å²) in [5, 5.41) is 3.64. The Morgan fingerprint density at radius 1 is 1.26 bits per heavy atom. The van der Waals surface area contributed by atoms with E-state index in [0.717, 1.165) is 12.2 Å². The number of rotatable bonds is 5. The minimum atomic E-state index is 0.333. The van der Waals surface area contributed by atoms with Gasteiger partial charge < -0.3 is 14.8 Å². The smallest absolute Gasteiger partial charge is 0.119 e. The van der Waals surface area contributed by atoms with Crippen molar-refractivity contribution in [2.75, 3.05) is 19.0 Å². The fraction of sp³-hybridized carbons (Fsp3) is 0.625. The predicted molar refractivity (Wildman–Crippen MR) is 79.0 cm³/mol. The van der Waals surface area contributed by atoms with Crippen molar-refractivity contribution in [3.63, 3.8) is 0 Å². The molecule has 1 aromatic rings. The maximum absolute atomic E-state index is 5.59. The van der Waals surface area contributed by atoms with Crippen molar-refractivity contribution in [3.05, 3.63) is 23.8 Å². The second-order valence-corrected chi connectivity index (χ2v) is 5.22. The average molecular weight is 263 g/mol. The summed E-state index contributed by atoms with van der Waals surface area (Å²) in [4.78, 5) is 0. The zero-order chi connectivity index (χ0) is 13.7. The third-order valence-electron chi connectivity index (χ3n) is 3.86. The highest BCUT2D eigenvalue weighted by Crippen LogP contribution is 2.27. The van der Waals surface area contributed by atoms with E-state index in [4.69, 9.17) is 9.47 Å². The van der Waals surface area contributed by atoms with Crippen LogP contribution in [-0.2, 0) is 4.74 Å². The van der Waals surface area contributed by atoms with Gasteiger partial charge in [0.2, 0.25) is 0 Å². The topological polar surface area (TPSA) is 30.5 Å². The van der Waals surface area contributed by atoms with Crippen molar-refractivity contribution in [2.45, 2.75) is 51.7 Å². The van der Waals surface area contributed by atoms with Crippen LogP contribution in [0.25, 0.3) is 0 Å². The van der Waals surface area contributed by atoms with Crippen LogP contribution in [0, 0.1) is 6.92 Å². The van der Waals surface area contributed by atoms with E-state index in [1.807, 2.05) is 20.1 Å². The molecule has 3 heteroatoms. The van der Waals surface area contributed by atoms with Gasteiger partial charge in [0.05, 0.1) is 18.8 Å². The molecule has 0 spiro atoms. The molecular weight excluding hydrogens is 238 g/mol. The number of hydrogen-bond acceptors (Lipinski definition) is 3. The molecular formula is C16H25NO2. The highest BCUT2D eigenvalue weighted by atomic mass is 16.5. The SMILES string of the molecule is CCOc1ccc(NC2CCCCC2OC)c(C)c1. The molecule has 1 N–H and O–H groups in total. The summed E-state index contributed by atoms with van der Waals surface area (Å²) in [6.45, 7) is 4.84. The molecule has 0 bridgehead atoms. The van der Waals surface area contributed by atoms with E-state index in [0.29, 0.717) is 18.8 Å². The zero-order valence-electron chi connectivity index (χ0n) is 12.2. The van der Waals surface area contributed by atoms with E-state index < -0.39 is 0 Å². The van der Waals surface area contributed by atoms with Crippen LogP contribution < -0.4 is 10.1 Å². The molecule has 0 aromatic heterocycles. The van der Waals surface area contributed by atoms with E-state index >= 15 is 0 Å². The van der Waals surface area contributed by atoms with Gasteiger partial charge >= 0.3 is 0 Å². The lowest BCUT2D eigenvalue weighted by molar-refractivity contribution is 0.0606. The van der Waals surface area contributed by atoms with Gasteiger partial charge in [-0.1, -0.05) is 12.8 Å². The summed E-state index contributed by atoms with van der Waals surface area (Å²) in [5.74, 6) is 0.942. The standard InChI is InChI=1S/C16H25NO2/c1-4-19-13-9-10-14(12(2)11-13)17-15-7-5-6-8-16(15)18-3/h9-11,15-17H,4-8H2,1-3H3. The number of benzene rings is 1. The number of ether oxygens (including phenoxy) is 2. The number of methoxy groups -OCH3 is 1. The van der Waals surface area contributed by atoms with Gasteiger partial charge in [-0.2, -0.15) is 0 Å². The number of hydrogen-bond donors (Lipinski definition) is 1. The lowest BCUT2D eigenvalue weighted by Crippen LogP contribution is -2.37. The summed E-state index contributed by atoms with van der Waals surface area (Å²) in [6.07, 6.45) is 5.24. The molecule has 1 aromatic carbocycles. The van der Waals surface area contributed by atoms with Gasteiger partial charge in [0.25, 0.3) is 0 Å². The van der Waals surface area contributed by atoms with Crippen LogP contribution in [0.4, 0.5) is 5.69 Å². The minimum absolute atomic E-state index is 0.333. The molecule has 2 rings (SSSR count). The van der Waals surface area contributed by atoms with Gasteiger partial charge in [0, 0.05) is 12.8 Å². The minimum Gasteiger partial charge on any atom is -0.494 e.